The van der Waals surface area contributed by atoms with E-state index in [4.69, 9.17) is 18.0 Å². The molecule has 0 aliphatic rings. The molecule has 0 aromatic heterocycles. The number of carbonyl (C=O) groups is 1. The first-order valence-corrected chi connectivity index (χ1v) is 7.37. The first kappa shape index (κ1) is 16.6. The Hall–Kier alpha value is -1.42. The van der Waals surface area contributed by atoms with Gasteiger partial charge in [0.2, 0.25) is 0 Å². The normalized spacial score (nSPS) is 10.7. The van der Waals surface area contributed by atoms with E-state index in [1.807, 2.05) is 36.9 Å². The molecule has 1 aromatic rings. The van der Waals surface area contributed by atoms with Crippen molar-refractivity contribution in [3.05, 3.63) is 34.9 Å². The van der Waals surface area contributed by atoms with E-state index in [0.717, 1.165) is 23.2 Å². The summed E-state index contributed by atoms with van der Waals surface area (Å²) < 4.78 is 0. The number of aryl methyl sites for hydroxylation is 1. The van der Waals surface area contributed by atoms with Crippen molar-refractivity contribution >= 4 is 23.1 Å². The smallest absolute Gasteiger partial charge is 0.254 e. The monoisotopic (exact) mass is 292 g/mol. The van der Waals surface area contributed by atoms with Crippen LogP contribution in [0, 0.1) is 19.8 Å². The molecule has 0 saturated heterocycles. The first-order chi connectivity index (χ1) is 9.32. The third-order valence-electron chi connectivity index (χ3n) is 3.34. The fraction of sp³-hybridized carbons (Fsp3) is 0.500. The van der Waals surface area contributed by atoms with Gasteiger partial charge in [0.25, 0.3) is 5.91 Å². The summed E-state index contributed by atoms with van der Waals surface area (Å²) in [6, 6.07) is 5.84. The Labute approximate surface area is 127 Å². The van der Waals surface area contributed by atoms with Crippen molar-refractivity contribution in [2.45, 2.75) is 34.1 Å². The third-order valence-corrected chi connectivity index (χ3v) is 3.54. The van der Waals surface area contributed by atoms with Crippen LogP contribution in [0.3, 0.4) is 0 Å². The van der Waals surface area contributed by atoms with Crippen LogP contribution >= 0.6 is 12.2 Å². The average molecular weight is 292 g/mol. The van der Waals surface area contributed by atoms with Gasteiger partial charge in [-0.05, 0) is 37.0 Å². The predicted octanol–water partition coefficient (Wildman–Crippen LogP) is 3.08. The number of thiocarbonyl (C=S) groups is 1. The molecule has 0 spiro atoms. The first-order valence-electron chi connectivity index (χ1n) is 6.96. The Bertz CT molecular complexity index is 497. The summed E-state index contributed by atoms with van der Waals surface area (Å²) in [5.41, 5.74) is 8.51. The van der Waals surface area contributed by atoms with Gasteiger partial charge in [0.15, 0.2) is 0 Å². The van der Waals surface area contributed by atoms with Gasteiger partial charge in [-0.2, -0.15) is 0 Å². The van der Waals surface area contributed by atoms with E-state index in [9.17, 15) is 4.79 Å². The summed E-state index contributed by atoms with van der Waals surface area (Å²) in [7, 11) is 0. The van der Waals surface area contributed by atoms with Gasteiger partial charge >= 0.3 is 0 Å². The summed E-state index contributed by atoms with van der Waals surface area (Å²) in [5.74, 6) is 0.478. The van der Waals surface area contributed by atoms with E-state index >= 15 is 0 Å². The zero-order valence-electron chi connectivity index (χ0n) is 12.8. The zero-order valence-corrected chi connectivity index (χ0v) is 13.6. The van der Waals surface area contributed by atoms with E-state index in [0.29, 0.717) is 23.9 Å². The maximum Gasteiger partial charge on any atom is 0.254 e. The van der Waals surface area contributed by atoms with Gasteiger partial charge in [-0.1, -0.05) is 38.2 Å². The average Bonchev–Trinajstić information content (AvgIpc) is 2.36. The molecular weight excluding hydrogens is 268 g/mol. The summed E-state index contributed by atoms with van der Waals surface area (Å²) in [6.45, 7) is 9.51. The lowest BCUT2D eigenvalue weighted by molar-refractivity contribution is 0.0740. The molecule has 2 N–H and O–H groups in total. The second kappa shape index (κ2) is 7.39. The van der Waals surface area contributed by atoms with Crippen molar-refractivity contribution in [1.29, 1.82) is 0 Å². The predicted molar refractivity (Wildman–Crippen MR) is 88.1 cm³/mol. The lowest BCUT2D eigenvalue weighted by Gasteiger charge is -2.25. The molecule has 0 radical (unpaired) electrons. The molecule has 0 saturated carbocycles. The molecule has 0 bridgehead atoms. The molecule has 0 fully saturated rings. The third kappa shape index (κ3) is 4.60. The van der Waals surface area contributed by atoms with Crippen LogP contribution in [0.15, 0.2) is 18.2 Å². The van der Waals surface area contributed by atoms with Crippen molar-refractivity contribution < 1.29 is 4.79 Å². The van der Waals surface area contributed by atoms with Gasteiger partial charge in [0, 0.05) is 25.1 Å². The van der Waals surface area contributed by atoms with Gasteiger partial charge in [0.1, 0.15) is 0 Å². The molecule has 0 aliphatic heterocycles. The number of carbonyl (C=O) groups excluding carboxylic acids is 1. The van der Waals surface area contributed by atoms with Gasteiger partial charge in [-0.15, -0.1) is 0 Å². The van der Waals surface area contributed by atoms with Gasteiger partial charge < -0.3 is 10.6 Å². The Balaban J connectivity index is 2.96. The van der Waals surface area contributed by atoms with Crippen molar-refractivity contribution in [3.8, 4) is 0 Å². The van der Waals surface area contributed by atoms with E-state index in [1.54, 1.807) is 0 Å². The standard InChI is InChI=1S/C16H24N2OS/c1-11(2)10-18(9-8-15(17)20)16(19)14-7-5-6-12(3)13(14)4/h5-7,11H,8-10H2,1-4H3,(H2,17,20). The molecule has 20 heavy (non-hydrogen) atoms. The molecule has 1 amide bonds. The van der Waals surface area contributed by atoms with Gasteiger partial charge in [-0.3, -0.25) is 4.79 Å². The highest BCUT2D eigenvalue weighted by molar-refractivity contribution is 7.80. The minimum absolute atomic E-state index is 0.0659. The Morgan fingerprint density at radius 2 is 2.00 bits per heavy atom. The molecule has 0 heterocycles. The SMILES string of the molecule is Cc1cccc(C(=O)N(CCC(N)=S)CC(C)C)c1C. The maximum atomic E-state index is 12.7. The summed E-state index contributed by atoms with van der Waals surface area (Å²) in [5, 5.41) is 0. The van der Waals surface area contributed by atoms with E-state index in [1.165, 1.54) is 0 Å². The van der Waals surface area contributed by atoms with Crippen LogP contribution in [0.5, 0.6) is 0 Å². The number of nitrogens with zero attached hydrogens (tertiary/aromatic N) is 1. The fourth-order valence-electron chi connectivity index (χ4n) is 2.11. The number of nitrogens with two attached hydrogens (primary N) is 1. The van der Waals surface area contributed by atoms with E-state index in [-0.39, 0.29) is 5.91 Å². The Kier molecular flexibility index (Phi) is 6.14. The second-order valence-corrected chi connectivity index (χ2v) is 6.13. The lowest BCUT2D eigenvalue weighted by Crippen LogP contribution is -2.36. The van der Waals surface area contributed by atoms with Crippen LogP contribution in [0.4, 0.5) is 0 Å². The van der Waals surface area contributed by atoms with Crippen molar-refractivity contribution in [2.75, 3.05) is 13.1 Å². The highest BCUT2D eigenvalue weighted by atomic mass is 32.1. The molecule has 0 atom stereocenters. The minimum atomic E-state index is 0.0659. The molecule has 110 valence electrons. The molecule has 0 unspecified atom stereocenters. The number of hydrogen-bond donors (Lipinski definition) is 1. The highest BCUT2D eigenvalue weighted by Crippen LogP contribution is 2.16. The molecule has 0 aliphatic carbocycles. The summed E-state index contributed by atoms with van der Waals surface area (Å²) in [4.78, 5) is 15.0. The molecule has 4 heteroatoms. The summed E-state index contributed by atoms with van der Waals surface area (Å²) >= 11 is 4.92. The molecule has 1 aromatic carbocycles. The molecule has 3 nitrogen and oxygen atoms in total. The van der Waals surface area contributed by atoms with Crippen LogP contribution in [-0.4, -0.2) is 28.9 Å². The Morgan fingerprint density at radius 1 is 1.35 bits per heavy atom. The quantitative estimate of drug-likeness (QED) is 0.820. The lowest BCUT2D eigenvalue weighted by atomic mass is 10.0. The van der Waals surface area contributed by atoms with E-state index < -0.39 is 0 Å². The fourth-order valence-corrected chi connectivity index (χ4v) is 2.21. The topological polar surface area (TPSA) is 46.3 Å². The Morgan fingerprint density at radius 3 is 2.55 bits per heavy atom. The largest absolute Gasteiger partial charge is 0.393 e. The van der Waals surface area contributed by atoms with Crippen LogP contribution in [-0.2, 0) is 0 Å². The van der Waals surface area contributed by atoms with Crippen molar-refractivity contribution in [2.24, 2.45) is 11.7 Å². The second-order valence-electron chi connectivity index (χ2n) is 5.61. The number of rotatable bonds is 6. The molecule has 1 rings (SSSR count). The summed E-state index contributed by atoms with van der Waals surface area (Å²) in [6.07, 6.45) is 0.568. The van der Waals surface area contributed by atoms with Crippen molar-refractivity contribution in [3.63, 3.8) is 0 Å². The zero-order chi connectivity index (χ0) is 15.3. The number of hydrogen-bond acceptors (Lipinski definition) is 2. The maximum absolute atomic E-state index is 12.7. The van der Waals surface area contributed by atoms with Crippen molar-refractivity contribution in [1.82, 2.24) is 4.90 Å². The van der Waals surface area contributed by atoms with Crippen LogP contribution in [0.25, 0.3) is 0 Å². The molecular formula is C16H24N2OS. The minimum Gasteiger partial charge on any atom is -0.393 e. The van der Waals surface area contributed by atoms with Gasteiger partial charge in [0.05, 0.1) is 4.99 Å². The number of amides is 1. The van der Waals surface area contributed by atoms with Gasteiger partial charge in [-0.25, -0.2) is 0 Å². The van der Waals surface area contributed by atoms with Crippen LogP contribution < -0.4 is 5.73 Å². The highest BCUT2D eigenvalue weighted by Gasteiger charge is 2.19. The number of benzene rings is 1. The van der Waals surface area contributed by atoms with E-state index in [2.05, 4.69) is 13.8 Å². The van der Waals surface area contributed by atoms with Crippen LogP contribution in [0.2, 0.25) is 0 Å². The van der Waals surface area contributed by atoms with Crippen LogP contribution in [0.1, 0.15) is 41.8 Å².